The molecule has 0 aliphatic rings. The van der Waals surface area contributed by atoms with Crippen LogP contribution in [0.1, 0.15) is 6.92 Å². The van der Waals surface area contributed by atoms with Gasteiger partial charge in [0.05, 0.1) is 23.2 Å². The molecule has 1 heterocycles. The van der Waals surface area contributed by atoms with Crippen molar-refractivity contribution < 1.29 is 13.2 Å². The second kappa shape index (κ2) is 6.42. The summed E-state index contributed by atoms with van der Waals surface area (Å²) in [5, 5.41) is 4.40. The Morgan fingerprint density at radius 3 is 2.86 bits per heavy atom. The molecule has 1 atom stereocenters. The average molecular weight is 331 g/mol. The van der Waals surface area contributed by atoms with Crippen LogP contribution in [-0.4, -0.2) is 42.1 Å². The van der Waals surface area contributed by atoms with Crippen molar-refractivity contribution in [3.8, 4) is 5.69 Å². The Bertz CT molecular complexity index is 703. The van der Waals surface area contributed by atoms with Crippen LogP contribution in [0.15, 0.2) is 30.9 Å². The van der Waals surface area contributed by atoms with Crippen molar-refractivity contribution in [2.24, 2.45) is 0 Å². The average Bonchev–Trinajstić information content (AvgIpc) is 2.91. The van der Waals surface area contributed by atoms with Gasteiger partial charge in [0.1, 0.15) is 12.7 Å². The predicted molar refractivity (Wildman–Crippen MR) is 80.2 cm³/mol. The molecule has 21 heavy (non-hydrogen) atoms. The van der Waals surface area contributed by atoms with E-state index >= 15 is 0 Å². The van der Waals surface area contributed by atoms with Gasteiger partial charge in [0.25, 0.3) is 0 Å². The molecular formula is C12H15ClN4O3S. The van der Waals surface area contributed by atoms with Crippen LogP contribution in [0, 0.1) is 0 Å². The van der Waals surface area contributed by atoms with Gasteiger partial charge >= 0.3 is 0 Å². The van der Waals surface area contributed by atoms with Crippen LogP contribution in [0.2, 0.25) is 5.02 Å². The summed E-state index contributed by atoms with van der Waals surface area (Å²) in [5.74, 6) is -0.160. The minimum atomic E-state index is -3.57. The number of nitrogens with one attached hydrogen (secondary N) is 1. The molecule has 0 aliphatic heterocycles. The first-order chi connectivity index (χ1) is 9.91. The molecule has 0 amide bonds. The zero-order valence-corrected chi connectivity index (χ0v) is 13.1. The van der Waals surface area contributed by atoms with Crippen molar-refractivity contribution >= 4 is 27.3 Å². The lowest BCUT2D eigenvalue weighted by Crippen LogP contribution is -2.26. The van der Waals surface area contributed by atoms with Gasteiger partial charge in [-0.1, -0.05) is 11.6 Å². The summed E-state index contributed by atoms with van der Waals surface area (Å²) in [5.41, 5.74) is 0.863. The summed E-state index contributed by atoms with van der Waals surface area (Å²) in [6.45, 7) is 1.68. The first kappa shape index (κ1) is 15.7. The number of hydrogen-bond acceptors (Lipinski definition) is 5. The maximum Gasteiger partial charge on any atom is 0.235 e. The Hall–Kier alpha value is -1.64. The van der Waals surface area contributed by atoms with Crippen molar-refractivity contribution in [3.63, 3.8) is 0 Å². The zero-order valence-electron chi connectivity index (χ0n) is 11.5. The molecule has 114 valence electrons. The molecule has 1 aromatic heterocycles. The Balaban J connectivity index is 2.33. The highest BCUT2D eigenvalue weighted by Gasteiger charge is 2.18. The van der Waals surface area contributed by atoms with Crippen molar-refractivity contribution in [1.82, 2.24) is 14.8 Å². The molecular weight excluding hydrogens is 316 g/mol. The first-order valence-corrected chi connectivity index (χ1v) is 8.12. The Morgan fingerprint density at radius 2 is 2.24 bits per heavy atom. The standard InChI is InChI=1S/C12H15ClN4O3S/c1-9(20-2)6-21(18,19)16-11-5-10(13)3-4-12(11)17-8-14-7-15-17/h3-5,7-9,16H,6H2,1-2H3. The van der Waals surface area contributed by atoms with E-state index in [4.69, 9.17) is 16.3 Å². The molecule has 0 radical (unpaired) electrons. The van der Waals surface area contributed by atoms with Crippen LogP contribution in [0.5, 0.6) is 0 Å². The number of nitrogens with zero attached hydrogens (tertiary/aromatic N) is 3. The lowest BCUT2D eigenvalue weighted by Gasteiger charge is -2.15. The minimum absolute atomic E-state index is 0.160. The fraction of sp³-hybridized carbons (Fsp3) is 0.333. The number of methoxy groups -OCH3 is 1. The third-order valence-electron chi connectivity index (χ3n) is 2.75. The van der Waals surface area contributed by atoms with E-state index in [0.717, 1.165) is 0 Å². The Labute approximate surface area is 128 Å². The normalized spacial score (nSPS) is 13.1. The maximum absolute atomic E-state index is 12.1. The van der Waals surface area contributed by atoms with Gasteiger partial charge in [-0.2, -0.15) is 5.10 Å². The van der Waals surface area contributed by atoms with Crippen LogP contribution >= 0.6 is 11.6 Å². The monoisotopic (exact) mass is 330 g/mol. The molecule has 1 aromatic carbocycles. The van der Waals surface area contributed by atoms with Crippen molar-refractivity contribution in [2.75, 3.05) is 17.6 Å². The van der Waals surface area contributed by atoms with E-state index < -0.39 is 16.1 Å². The van der Waals surface area contributed by atoms with Crippen LogP contribution in [-0.2, 0) is 14.8 Å². The fourth-order valence-electron chi connectivity index (χ4n) is 1.71. The lowest BCUT2D eigenvalue weighted by atomic mass is 10.3. The van der Waals surface area contributed by atoms with Crippen molar-refractivity contribution in [2.45, 2.75) is 13.0 Å². The van der Waals surface area contributed by atoms with Gasteiger partial charge in [0.15, 0.2) is 0 Å². The van der Waals surface area contributed by atoms with Gasteiger partial charge in [-0.15, -0.1) is 0 Å². The minimum Gasteiger partial charge on any atom is -0.381 e. The second-order valence-corrected chi connectivity index (χ2v) is 6.63. The maximum atomic E-state index is 12.1. The molecule has 9 heteroatoms. The zero-order chi connectivity index (χ0) is 15.5. The molecule has 0 spiro atoms. The fourth-order valence-corrected chi connectivity index (χ4v) is 3.22. The molecule has 2 rings (SSSR count). The number of halogens is 1. The van der Waals surface area contributed by atoms with E-state index in [0.29, 0.717) is 16.4 Å². The molecule has 1 N–H and O–H groups in total. The number of rotatable bonds is 6. The molecule has 0 saturated carbocycles. The van der Waals surface area contributed by atoms with Gasteiger partial charge in [-0.3, -0.25) is 4.72 Å². The van der Waals surface area contributed by atoms with Crippen LogP contribution in [0.4, 0.5) is 5.69 Å². The summed E-state index contributed by atoms with van der Waals surface area (Å²) in [6, 6.07) is 4.83. The largest absolute Gasteiger partial charge is 0.381 e. The van der Waals surface area contributed by atoms with Gasteiger partial charge in [-0.25, -0.2) is 18.1 Å². The van der Waals surface area contributed by atoms with E-state index in [1.165, 1.54) is 30.5 Å². The number of hydrogen-bond donors (Lipinski definition) is 1. The molecule has 0 bridgehead atoms. The second-order valence-electron chi connectivity index (χ2n) is 4.43. The highest BCUT2D eigenvalue weighted by Crippen LogP contribution is 2.25. The summed E-state index contributed by atoms with van der Waals surface area (Å²) >= 11 is 5.94. The molecule has 7 nitrogen and oxygen atoms in total. The molecule has 0 fully saturated rings. The Kier molecular flexibility index (Phi) is 4.81. The number of aromatic nitrogens is 3. The summed E-state index contributed by atoms with van der Waals surface area (Å²) < 4.78 is 33.2. The topological polar surface area (TPSA) is 86.1 Å². The highest BCUT2D eigenvalue weighted by atomic mass is 35.5. The van der Waals surface area contributed by atoms with E-state index in [1.54, 1.807) is 19.1 Å². The lowest BCUT2D eigenvalue weighted by molar-refractivity contribution is 0.136. The van der Waals surface area contributed by atoms with E-state index in [9.17, 15) is 8.42 Å². The smallest absolute Gasteiger partial charge is 0.235 e. The van der Waals surface area contributed by atoms with Gasteiger partial charge in [-0.05, 0) is 25.1 Å². The van der Waals surface area contributed by atoms with Crippen molar-refractivity contribution in [1.29, 1.82) is 0 Å². The van der Waals surface area contributed by atoms with Crippen LogP contribution in [0.25, 0.3) is 5.69 Å². The quantitative estimate of drug-likeness (QED) is 0.871. The molecule has 1 unspecified atom stereocenters. The number of sulfonamides is 1. The third-order valence-corrected chi connectivity index (χ3v) is 4.42. The summed E-state index contributed by atoms with van der Waals surface area (Å²) in [4.78, 5) is 3.84. The Morgan fingerprint density at radius 1 is 1.48 bits per heavy atom. The van der Waals surface area contributed by atoms with Crippen LogP contribution in [0.3, 0.4) is 0 Å². The molecule has 0 saturated heterocycles. The highest BCUT2D eigenvalue weighted by molar-refractivity contribution is 7.92. The predicted octanol–water partition coefficient (Wildman–Crippen LogP) is 1.70. The number of anilines is 1. The molecule has 0 aliphatic carbocycles. The van der Waals surface area contributed by atoms with Crippen LogP contribution < -0.4 is 4.72 Å². The third kappa shape index (κ3) is 4.16. The first-order valence-electron chi connectivity index (χ1n) is 6.09. The van der Waals surface area contributed by atoms with E-state index in [-0.39, 0.29) is 5.75 Å². The SMILES string of the molecule is COC(C)CS(=O)(=O)Nc1cc(Cl)ccc1-n1cncn1. The van der Waals surface area contributed by atoms with Gasteiger partial charge in [0.2, 0.25) is 10.0 Å². The summed E-state index contributed by atoms with van der Waals surface area (Å²) in [6.07, 6.45) is 2.41. The van der Waals surface area contributed by atoms with Gasteiger partial charge in [0, 0.05) is 12.1 Å². The molecule has 2 aromatic rings. The summed E-state index contributed by atoms with van der Waals surface area (Å²) in [7, 11) is -2.11. The van der Waals surface area contributed by atoms with Crippen molar-refractivity contribution in [3.05, 3.63) is 35.9 Å². The van der Waals surface area contributed by atoms with Gasteiger partial charge < -0.3 is 4.74 Å². The number of benzene rings is 1. The van der Waals surface area contributed by atoms with E-state index in [1.807, 2.05) is 0 Å². The number of ether oxygens (including phenoxy) is 1. The van der Waals surface area contributed by atoms with E-state index in [2.05, 4.69) is 14.8 Å².